The Morgan fingerprint density at radius 3 is 2.16 bits per heavy atom. The van der Waals surface area contributed by atoms with Crippen LogP contribution in [0.25, 0.3) is 10.8 Å². The summed E-state index contributed by atoms with van der Waals surface area (Å²) in [7, 11) is 0. The van der Waals surface area contributed by atoms with Gasteiger partial charge < -0.3 is 25.5 Å². The van der Waals surface area contributed by atoms with Crippen molar-refractivity contribution in [2.24, 2.45) is 0 Å². The molecular formula is C12H8O7. The summed E-state index contributed by atoms with van der Waals surface area (Å²) in [5, 5.41) is 46.8. The second kappa shape index (κ2) is 4.05. The summed E-state index contributed by atoms with van der Waals surface area (Å²) >= 11 is 0. The molecule has 0 saturated heterocycles. The van der Waals surface area contributed by atoms with Gasteiger partial charge in [0.2, 0.25) is 11.2 Å². The van der Waals surface area contributed by atoms with Crippen molar-refractivity contribution in [2.45, 2.75) is 0 Å². The molecule has 2 rings (SSSR count). The van der Waals surface area contributed by atoms with Crippen molar-refractivity contribution in [3.05, 3.63) is 34.0 Å². The number of phenolic OH excluding ortho intramolecular Hbond substituents is 1. The van der Waals surface area contributed by atoms with E-state index in [0.717, 1.165) is 6.07 Å². The van der Waals surface area contributed by atoms with Crippen molar-refractivity contribution < 1.29 is 30.3 Å². The van der Waals surface area contributed by atoms with Crippen LogP contribution in [0.3, 0.4) is 0 Å². The fraction of sp³-hybridized carbons (Fsp3) is 0. The number of hydrogen-bond acceptors (Lipinski definition) is 6. The quantitative estimate of drug-likeness (QED) is 0.512. The number of phenols is 1. The van der Waals surface area contributed by atoms with Gasteiger partial charge in [-0.05, 0) is 6.07 Å². The maximum atomic E-state index is 11.6. The van der Waals surface area contributed by atoms with Crippen LogP contribution in [0.1, 0.15) is 10.4 Å². The minimum absolute atomic E-state index is 0.250. The molecule has 0 aromatic heterocycles. The number of carboxylic acids is 1. The number of aromatic hydroxyl groups is 4. The Balaban J connectivity index is 3.27. The van der Waals surface area contributed by atoms with Crippen molar-refractivity contribution in [1.82, 2.24) is 0 Å². The normalized spacial score (nSPS) is 10.5. The minimum Gasteiger partial charge on any atom is -0.507 e. The van der Waals surface area contributed by atoms with Gasteiger partial charge in [0.05, 0.1) is 5.39 Å². The summed E-state index contributed by atoms with van der Waals surface area (Å²) in [5.41, 5.74) is -2.58. The number of rotatable bonds is 1. The number of benzene rings is 1. The van der Waals surface area contributed by atoms with Crippen LogP contribution in [-0.2, 0) is 0 Å². The lowest BCUT2D eigenvalue weighted by molar-refractivity contribution is 0.0692. The molecule has 0 aliphatic heterocycles. The Kier molecular flexibility index (Phi) is 2.67. The highest BCUT2D eigenvalue weighted by Gasteiger charge is 2.23. The first kappa shape index (κ1) is 12.5. The van der Waals surface area contributed by atoms with Crippen molar-refractivity contribution in [2.75, 3.05) is 0 Å². The molecule has 0 aliphatic rings. The fourth-order valence-electron chi connectivity index (χ4n) is 1.77. The Bertz CT molecular complexity index is 764. The van der Waals surface area contributed by atoms with Crippen LogP contribution < -0.4 is 5.43 Å². The molecular weight excluding hydrogens is 256 g/mol. The highest BCUT2D eigenvalue weighted by atomic mass is 16.4. The summed E-state index contributed by atoms with van der Waals surface area (Å²) in [5.74, 6) is -5.49. The van der Waals surface area contributed by atoms with Gasteiger partial charge in [-0.25, -0.2) is 4.79 Å². The van der Waals surface area contributed by atoms with Crippen LogP contribution >= 0.6 is 0 Å². The predicted octanol–water partition coefficient (Wildman–Crippen LogP) is 0.721. The smallest absolute Gasteiger partial charge is 0.343 e. The lowest BCUT2D eigenvalue weighted by atomic mass is 10.1. The second-order valence-corrected chi connectivity index (χ2v) is 3.75. The largest absolute Gasteiger partial charge is 0.507 e. The first-order chi connectivity index (χ1) is 8.86. The Labute approximate surface area is 105 Å². The number of carbonyl (C=O) groups is 1. The molecule has 0 saturated carbocycles. The van der Waals surface area contributed by atoms with Gasteiger partial charge in [0.1, 0.15) is 11.5 Å². The molecule has 0 amide bonds. The van der Waals surface area contributed by atoms with E-state index < -0.39 is 45.3 Å². The predicted molar refractivity (Wildman–Crippen MR) is 63.8 cm³/mol. The average Bonchev–Trinajstić information content (AvgIpc) is 2.41. The van der Waals surface area contributed by atoms with Crippen LogP contribution in [0.4, 0.5) is 0 Å². The third-order valence-electron chi connectivity index (χ3n) is 2.65. The maximum Gasteiger partial charge on any atom is 0.343 e. The van der Waals surface area contributed by atoms with Crippen molar-refractivity contribution in [3.8, 4) is 23.0 Å². The van der Waals surface area contributed by atoms with Crippen molar-refractivity contribution in [3.63, 3.8) is 0 Å². The van der Waals surface area contributed by atoms with Gasteiger partial charge in [-0.1, -0.05) is 12.1 Å². The highest BCUT2D eigenvalue weighted by Crippen LogP contribution is 2.40. The molecule has 0 unspecified atom stereocenters. The number of fused-ring (bicyclic) bond motifs is 1. The zero-order valence-electron chi connectivity index (χ0n) is 9.28. The molecule has 0 spiro atoms. The van der Waals surface area contributed by atoms with Crippen molar-refractivity contribution >= 4 is 16.7 Å². The Morgan fingerprint density at radius 2 is 1.58 bits per heavy atom. The van der Waals surface area contributed by atoms with Gasteiger partial charge in [0.25, 0.3) is 0 Å². The Morgan fingerprint density at radius 1 is 0.947 bits per heavy atom. The maximum absolute atomic E-state index is 11.6. The van der Waals surface area contributed by atoms with Gasteiger partial charge in [-0.3, -0.25) is 4.79 Å². The molecule has 0 radical (unpaired) electrons. The zero-order chi connectivity index (χ0) is 14.3. The number of aromatic carboxylic acids is 1. The molecule has 0 bridgehead atoms. The molecule has 98 valence electrons. The van der Waals surface area contributed by atoms with E-state index >= 15 is 0 Å². The molecule has 7 nitrogen and oxygen atoms in total. The lowest BCUT2D eigenvalue weighted by Gasteiger charge is -2.01. The van der Waals surface area contributed by atoms with E-state index in [1.54, 1.807) is 0 Å². The second-order valence-electron chi connectivity index (χ2n) is 3.75. The summed E-state index contributed by atoms with van der Waals surface area (Å²) in [6.45, 7) is 0. The first-order valence-corrected chi connectivity index (χ1v) is 5.02. The molecule has 5 N–H and O–H groups in total. The van der Waals surface area contributed by atoms with Crippen molar-refractivity contribution in [1.29, 1.82) is 0 Å². The van der Waals surface area contributed by atoms with E-state index in [0.29, 0.717) is 0 Å². The monoisotopic (exact) mass is 264 g/mol. The third kappa shape index (κ3) is 1.68. The summed E-state index contributed by atoms with van der Waals surface area (Å²) in [4.78, 5) is 22.6. The van der Waals surface area contributed by atoms with Crippen LogP contribution in [0.15, 0.2) is 23.0 Å². The van der Waals surface area contributed by atoms with E-state index in [9.17, 15) is 30.0 Å². The minimum atomic E-state index is -1.79. The average molecular weight is 264 g/mol. The molecule has 19 heavy (non-hydrogen) atoms. The standard InChI is InChI=1S/C12H8O7/c13-5-3-1-2-4-6(5)9(15)7(12(18)19)10(16)11(17)8(4)14/h1-3,13,15H,(H,18,19)(H2,14,16,17). The topological polar surface area (TPSA) is 135 Å². The van der Waals surface area contributed by atoms with Crippen LogP contribution in [0.5, 0.6) is 23.0 Å². The lowest BCUT2D eigenvalue weighted by Crippen LogP contribution is -2.11. The van der Waals surface area contributed by atoms with Gasteiger partial charge in [-0.15, -0.1) is 0 Å². The first-order valence-electron chi connectivity index (χ1n) is 5.02. The van der Waals surface area contributed by atoms with Crippen LogP contribution in [0.2, 0.25) is 0 Å². The molecule has 0 heterocycles. The number of hydrogen-bond donors (Lipinski definition) is 5. The summed E-state index contributed by atoms with van der Waals surface area (Å²) in [6.07, 6.45) is 0. The molecule has 2 aromatic rings. The number of carboxylic acid groups (broad SMARTS) is 1. The van der Waals surface area contributed by atoms with Gasteiger partial charge in [0.15, 0.2) is 11.3 Å². The molecule has 2 aromatic carbocycles. The molecule has 0 atom stereocenters. The van der Waals surface area contributed by atoms with Crippen LogP contribution in [-0.4, -0.2) is 31.5 Å². The molecule has 0 aliphatic carbocycles. The highest BCUT2D eigenvalue weighted by molar-refractivity contribution is 6.04. The Hall–Kier alpha value is -2.96. The third-order valence-corrected chi connectivity index (χ3v) is 2.65. The zero-order valence-corrected chi connectivity index (χ0v) is 9.28. The molecule has 0 fully saturated rings. The van der Waals surface area contributed by atoms with E-state index in [-0.39, 0.29) is 5.39 Å². The van der Waals surface area contributed by atoms with E-state index in [1.165, 1.54) is 12.1 Å². The summed E-state index contributed by atoms with van der Waals surface area (Å²) < 4.78 is 0. The summed E-state index contributed by atoms with van der Waals surface area (Å²) in [6, 6.07) is 3.63. The molecule has 7 heteroatoms. The van der Waals surface area contributed by atoms with Crippen LogP contribution in [0, 0.1) is 0 Å². The van der Waals surface area contributed by atoms with Gasteiger partial charge in [0, 0.05) is 5.39 Å². The van der Waals surface area contributed by atoms with Gasteiger partial charge >= 0.3 is 5.97 Å². The fourth-order valence-corrected chi connectivity index (χ4v) is 1.77. The van der Waals surface area contributed by atoms with E-state index in [4.69, 9.17) is 5.11 Å². The van der Waals surface area contributed by atoms with E-state index in [1.807, 2.05) is 0 Å². The van der Waals surface area contributed by atoms with Gasteiger partial charge in [-0.2, -0.15) is 0 Å². The SMILES string of the molecule is O=C(O)c1c(O)c2c(O)cccc2c(O)c(O)c1=O. The van der Waals surface area contributed by atoms with E-state index in [2.05, 4.69) is 0 Å².